The second-order valence-electron chi connectivity index (χ2n) is 13.9. The van der Waals surface area contributed by atoms with Crippen LogP contribution in [0.4, 0.5) is 10.8 Å². The van der Waals surface area contributed by atoms with Crippen molar-refractivity contribution in [2.45, 2.75) is 94.2 Å². The molecule has 13 nitrogen and oxygen atoms in total. The molecular weight excluding hydrogens is 616 g/mol. The quantitative estimate of drug-likeness (QED) is 0.285. The van der Waals surface area contributed by atoms with E-state index in [0.717, 1.165) is 85.1 Å². The summed E-state index contributed by atoms with van der Waals surface area (Å²) in [6.07, 6.45) is 10.1. The number of likely N-dealkylation sites (N-methyl/N-ethyl adjacent to an activating group) is 1. The van der Waals surface area contributed by atoms with Gasteiger partial charge in [0.2, 0.25) is 0 Å². The van der Waals surface area contributed by atoms with Crippen LogP contribution >= 0.6 is 11.3 Å². The number of thiophene rings is 1. The molecule has 0 unspecified atom stereocenters. The van der Waals surface area contributed by atoms with Crippen LogP contribution in [0.2, 0.25) is 0 Å². The van der Waals surface area contributed by atoms with Crippen molar-refractivity contribution in [3.8, 4) is 17.6 Å². The van der Waals surface area contributed by atoms with E-state index in [1.54, 1.807) is 6.20 Å². The Morgan fingerprint density at radius 2 is 2.00 bits per heavy atom. The number of anilines is 2. The Hall–Kier alpha value is -4.06. The maximum absolute atomic E-state index is 12.3. The van der Waals surface area contributed by atoms with Crippen molar-refractivity contribution in [1.29, 1.82) is 5.26 Å². The lowest BCUT2D eigenvalue weighted by Crippen LogP contribution is -2.56. The van der Waals surface area contributed by atoms with Crippen molar-refractivity contribution < 1.29 is 14.4 Å². The number of piperidine rings is 1. The number of primary amides is 1. The van der Waals surface area contributed by atoms with Crippen molar-refractivity contribution in [2.75, 3.05) is 37.3 Å². The van der Waals surface area contributed by atoms with Gasteiger partial charge in [-0.1, -0.05) is 5.16 Å². The molecular formula is C33H40N10O3S. The molecule has 2 aliphatic carbocycles. The number of hydrogen-bond acceptors (Lipinski definition) is 12. The van der Waals surface area contributed by atoms with E-state index < -0.39 is 16.9 Å². The number of nitrogens with zero attached hydrogens (tertiary/aromatic N) is 8. The van der Waals surface area contributed by atoms with Gasteiger partial charge in [0.15, 0.2) is 28.5 Å². The van der Waals surface area contributed by atoms with Gasteiger partial charge in [-0.05, 0) is 90.3 Å². The van der Waals surface area contributed by atoms with Crippen LogP contribution in [0.5, 0.6) is 0 Å². The van der Waals surface area contributed by atoms with Gasteiger partial charge in [-0.2, -0.15) is 10.4 Å². The third-order valence-corrected chi connectivity index (χ3v) is 12.3. The highest BCUT2D eigenvalue weighted by atomic mass is 32.1. The first kappa shape index (κ1) is 30.3. The van der Waals surface area contributed by atoms with Crippen molar-refractivity contribution in [1.82, 2.24) is 29.8 Å². The SMILES string of the molecule is C[C@@H]([C@@H]1CCCN1C)n1ncc2c(N3CCC[C@@](O)(C(N)=O)C3)nc(-c3noc4c3CCC[C@@]43CCCc4sc(N)c(C#N)c43)nc21. The molecule has 0 aromatic carbocycles. The van der Waals surface area contributed by atoms with Crippen LogP contribution in [0.25, 0.3) is 22.6 Å². The normalized spacial score (nSPS) is 26.8. The fourth-order valence-corrected chi connectivity index (χ4v) is 10.1. The summed E-state index contributed by atoms with van der Waals surface area (Å²) in [5, 5.41) is 32.1. The van der Waals surface area contributed by atoms with E-state index >= 15 is 0 Å². The second kappa shape index (κ2) is 11.0. The number of nitrogen functional groups attached to an aromatic ring is 1. The summed E-state index contributed by atoms with van der Waals surface area (Å²) in [4.78, 5) is 28.0. The summed E-state index contributed by atoms with van der Waals surface area (Å²) in [5.74, 6) is 1.05. The van der Waals surface area contributed by atoms with Gasteiger partial charge in [0, 0.05) is 23.0 Å². The van der Waals surface area contributed by atoms with Crippen LogP contribution in [0.3, 0.4) is 0 Å². The van der Waals surface area contributed by atoms with Crippen molar-refractivity contribution in [2.24, 2.45) is 5.73 Å². The fourth-order valence-electron chi connectivity index (χ4n) is 8.90. The number of carbonyl (C=O) groups excluding carboxylic acids is 1. The minimum absolute atomic E-state index is 0.0271. The average molecular weight is 657 g/mol. The van der Waals surface area contributed by atoms with E-state index in [4.69, 9.17) is 31.1 Å². The van der Waals surface area contributed by atoms with Crippen LogP contribution in [0, 0.1) is 11.3 Å². The number of amides is 1. The molecule has 47 heavy (non-hydrogen) atoms. The highest BCUT2D eigenvalue weighted by Gasteiger charge is 2.49. The number of β-amino-alcohol motifs (C(OH)–C–C–N with tert-alkyl or cyclic N) is 1. The van der Waals surface area contributed by atoms with E-state index in [1.165, 1.54) is 11.3 Å². The van der Waals surface area contributed by atoms with E-state index in [2.05, 4.69) is 30.1 Å². The number of carbonyl (C=O) groups is 1. The Morgan fingerprint density at radius 1 is 1.19 bits per heavy atom. The monoisotopic (exact) mass is 656 g/mol. The maximum Gasteiger partial charge on any atom is 0.251 e. The largest absolute Gasteiger partial charge is 0.389 e. The fraction of sp³-hybridized carbons (Fsp3) is 0.576. The van der Waals surface area contributed by atoms with Crippen molar-refractivity contribution >= 4 is 39.1 Å². The van der Waals surface area contributed by atoms with Gasteiger partial charge < -0.3 is 30.9 Å². The molecule has 8 rings (SSSR count). The zero-order chi connectivity index (χ0) is 32.7. The van der Waals surface area contributed by atoms with Crippen LogP contribution < -0.4 is 16.4 Å². The molecule has 4 aliphatic rings. The summed E-state index contributed by atoms with van der Waals surface area (Å²) in [6.45, 7) is 3.83. The molecule has 2 fully saturated rings. The van der Waals surface area contributed by atoms with Crippen molar-refractivity contribution in [3.63, 3.8) is 0 Å². The molecule has 1 spiro atoms. The first-order valence-corrected chi connectivity index (χ1v) is 17.5. The zero-order valence-electron chi connectivity index (χ0n) is 26.8. The van der Waals surface area contributed by atoms with Crippen molar-refractivity contribution in [3.05, 3.63) is 33.5 Å². The predicted octanol–water partition coefficient (Wildman–Crippen LogP) is 3.43. The molecule has 2 aliphatic heterocycles. The summed E-state index contributed by atoms with van der Waals surface area (Å²) < 4.78 is 8.28. The first-order chi connectivity index (χ1) is 22.6. The molecule has 4 aromatic heterocycles. The summed E-state index contributed by atoms with van der Waals surface area (Å²) in [5.41, 5.74) is 13.7. The molecule has 4 atom stereocenters. The van der Waals surface area contributed by atoms with Crippen LogP contribution in [-0.2, 0) is 23.1 Å². The molecule has 5 N–H and O–H groups in total. The van der Waals surface area contributed by atoms with E-state index in [-0.39, 0.29) is 12.6 Å². The first-order valence-electron chi connectivity index (χ1n) is 16.7. The molecule has 0 saturated carbocycles. The Kier molecular flexibility index (Phi) is 7.09. The number of hydrogen-bond donors (Lipinski definition) is 3. The second-order valence-corrected chi connectivity index (χ2v) is 15.1. The molecule has 14 heteroatoms. The van der Waals surface area contributed by atoms with Gasteiger partial charge in [0.05, 0.1) is 35.1 Å². The summed E-state index contributed by atoms with van der Waals surface area (Å²) in [7, 11) is 2.15. The van der Waals surface area contributed by atoms with Gasteiger partial charge in [-0.3, -0.25) is 4.79 Å². The van der Waals surface area contributed by atoms with Gasteiger partial charge >= 0.3 is 0 Å². The maximum atomic E-state index is 12.3. The summed E-state index contributed by atoms with van der Waals surface area (Å²) >= 11 is 1.52. The lowest BCUT2D eigenvalue weighted by atomic mass is 9.63. The molecule has 6 heterocycles. The number of nitriles is 1. The number of aliphatic hydroxyl groups is 1. The lowest BCUT2D eigenvalue weighted by molar-refractivity contribution is -0.137. The minimum atomic E-state index is -1.66. The van der Waals surface area contributed by atoms with Gasteiger partial charge in [0.25, 0.3) is 5.91 Å². The zero-order valence-corrected chi connectivity index (χ0v) is 27.6. The Morgan fingerprint density at radius 3 is 2.74 bits per heavy atom. The number of fused-ring (bicyclic) bond motifs is 5. The number of aryl methyl sites for hydroxylation is 1. The molecule has 1 amide bonds. The number of nitrogens with two attached hydrogens (primary N) is 2. The van der Waals surface area contributed by atoms with Gasteiger partial charge in [-0.25, -0.2) is 14.6 Å². The van der Waals surface area contributed by atoms with Crippen LogP contribution in [0.1, 0.15) is 91.7 Å². The smallest absolute Gasteiger partial charge is 0.251 e. The average Bonchev–Trinajstić information content (AvgIpc) is 3.85. The molecule has 0 bridgehead atoms. The van der Waals surface area contributed by atoms with E-state index in [1.807, 2.05) is 9.58 Å². The Bertz CT molecular complexity index is 1940. The highest BCUT2D eigenvalue weighted by Crippen LogP contribution is 2.55. The molecule has 2 saturated heterocycles. The Balaban J connectivity index is 1.30. The Labute approximate surface area is 276 Å². The minimum Gasteiger partial charge on any atom is -0.389 e. The number of aromatic nitrogens is 5. The summed E-state index contributed by atoms with van der Waals surface area (Å²) in [6, 6.07) is 2.74. The highest BCUT2D eigenvalue weighted by molar-refractivity contribution is 7.16. The van der Waals surface area contributed by atoms with Gasteiger partial charge in [-0.15, -0.1) is 11.3 Å². The lowest BCUT2D eigenvalue weighted by Gasteiger charge is -2.39. The van der Waals surface area contributed by atoms with Crippen LogP contribution in [0.15, 0.2) is 10.7 Å². The molecule has 246 valence electrons. The van der Waals surface area contributed by atoms with Gasteiger partial charge in [0.1, 0.15) is 16.9 Å². The molecule has 4 aromatic rings. The number of likely N-dealkylation sites (tertiary alicyclic amines) is 1. The third kappa shape index (κ3) is 4.50. The third-order valence-electron chi connectivity index (χ3n) is 11.3. The topological polar surface area (TPSA) is 189 Å². The van der Waals surface area contributed by atoms with E-state index in [0.29, 0.717) is 59.0 Å². The standard InChI is InChI=1S/C33H40N10O3S/c1-18(22-8-5-13-41(22)2)43-30-21(16-37-43)29(42-14-6-12-33(45,17-42)31(36)44)38-28(39-30)25-19-7-3-10-32(26(19)46-40-25)11-4-9-23-24(32)20(15-34)27(35)47-23/h16,18,22,45H,3-14,17,35H2,1-2H3,(H2,36,44)/t18-,22-,32-,33-/m0/s1. The predicted molar refractivity (Wildman–Crippen MR) is 177 cm³/mol. The van der Waals surface area contributed by atoms with E-state index in [9.17, 15) is 15.2 Å². The number of rotatable bonds is 5. The van der Waals surface area contributed by atoms with Crippen LogP contribution in [-0.4, -0.2) is 79.1 Å². The molecule has 0 radical (unpaired) electrons.